The third-order valence-electron chi connectivity index (χ3n) is 2.39. The van der Waals surface area contributed by atoms with Gasteiger partial charge in [0.25, 0.3) is 0 Å². The third kappa shape index (κ3) is 5.47. The lowest BCUT2D eigenvalue weighted by molar-refractivity contribution is 0.283. The minimum atomic E-state index is 0.276. The van der Waals surface area contributed by atoms with Crippen LogP contribution in [0.2, 0.25) is 10.0 Å². The van der Waals surface area contributed by atoms with E-state index in [0.29, 0.717) is 10.0 Å². The highest BCUT2D eigenvalue weighted by Gasteiger charge is 2.06. The molecule has 2 nitrogen and oxygen atoms in total. The molecule has 0 atom stereocenters. The van der Waals surface area contributed by atoms with Crippen molar-refractivity contribution in [3.8, 4) is 0 Å². The summed E-state index contributed by atoms with van der Waals surface area (Å²) in [6.45, 7) is 1.12. The average molecular weight is 341 g/mol. The van der Waals surface area contributed by atoms with Crippen molar-refractivity contribution in [3.63, 3.8) is 0 Å². The van der Waals surface area contributed by atoms with Crippen molar-refractivity contribution >= 4 is 44.8 Å². The quantitative estimate of drug-likeness (QED) is 0.704. The Balaban J connectivity index is 2.36. The first kappa shape index (κ1) is 15.1. The molecule has 0 heterocycles. The Bertz CT molecular complexity index is 337. The zero-order valence-electron chi connectivity index (χ0n) is 9.48. The van der Waals surface area contributed by atoms with Crippen LogP contribution in [0.3, 0.4) is 0 Å². The number of hydrogen-bond donors (Lipinski definition) is 2. The minimum absolute atomic E-state index is 0.276. The van der Waals surface area contributed by atoms with Crippen molar-refractivity contribution in [2.24, 2.45) is 0 Å². The number of hydrogen-bond acceptors (Lipinski definition) is 2. The van der Waals surface area contributed by atoms with Crippen molar-refractivity contribution in [2.45, 2.75) is 25.7 Å². The van der Waals surface area contributed by atoms with E-state index in [1.807, 2.05) is 12.1 Å². The van der Waals surface area contributed by atoms with Crippen molar-refractivity contribution in [1.82, 2.24) is 0 Å². The zero-order chi connectivity index (χ0) is 12.7. The molecule has 0 amide bonds. The summed E-state index contributed by atoms with van der Waals surface area (Å²) < 4.78 is 0.876. The lowest BCUT2D eigenvalue weighted by Crippen LogP contribution is -2.02. The van der Waals surface area contributed by atoms with E-state index in [1.165, 1.54) is 0 Å². The van der Waals surface area contributed by atoms with Crippen LogP contribution < -0.4 is 5.32 Å². The van der Waals surface area contributed by atoms with Gasteiger partial charge in [0, 0.05) is 17.6 Å². The van der Waals surface area contributed by atoms with Gasteiger partial charge >= 0.3 is 0 Å². The third-order valence-corrected chi connectivity index (χ3v) is 3.45. The second-order valence-corrected chi connectivity index (χ2v) is 5.54. The molecular formula is C12H16BrCl2NO. The first-order valence-electron chi connectivity index (χ1n) is 5.64. The second kappa shape index (κ2) is 8.20. The van der Waals surface area contributed by atoms with Crippen LogP contribution in [0.25, 0.3) is 0 Å². The fraction of sp³-hybridized carbons (Fsp3) is 0.500. The van der Waals surface area contributed by atoms with E-state index in [2.05, 4.69) is 21.2 Å². The number of aliphatic hydroxyl groups is 1. The van der Waals surface area contributed by atoms with Gasteiger partial charge in [-0.05, 0) is 25.0 Å². The highest BCUT2D eigenvalue weighted by Crippen LogP contribution is 2.33. The molecule has 0 saturated heterocycles. The molecule has 96 valence electrons. The van der Waals surface area contributed by atoms with Crippen LogP contribution in [0.15, 0.2) is 16.6 Å². The van der Waals surface area contributed by atoms with Crippen LogP contribution in [-0.4, -0.2) is 18.3 Å². The number of halogens is 3. The number of aliphatic hydroxyl groups excluding tert-OH is 1. The molecular weight excluding hydrogens is 325 g/mol. The standard InChI is InChI=1S/C12H16BrCl2NO/c13-9-7-10(14)12(11(15)8-9)16-5-3-1-2-4-6-17/h7-8,16-17H,1-6H2. The molecule has 0 fully saturated rings. The molecule has 1 aromatic carbocycles. The number of rotatable bonds is 7. The van der Waals surface area contributed by atoms with Crippen molar-refractivity contribution in [3.05, 3.63) is 26.7 Å². The Hall–Kier alpha value is 0.0400. The Morgan fingerprint density at radius 2 is 1.65 bits per heavy atom. The van der Waals surface area contributed by atoms with Gasteiger partial charge in [-0.15, -0.1) is 0 Å². The maximum Gasteiger partial charge on any atom is 0.0719 e. The molecule has 0 radical (unpaired) electrons. The SMILES string of the molecule is OCCCCCCNc1c(Cl)cc(Br)cc1Cl. The molecule has 0 aliphatic rings. The number of unbranched alkanes of at least 4 members (excludes halogenated alkanes) is 3. The fourth-order valence-corrected chi connectivity index (χ4v) is 2.86. The fourth-order valence-electron chi connectivity index (χ4n) is 1.51. The molecule has 0 spiro atoms. The number of anilines is 1. The Labute approximate surface area is 120 Å². The van der Waals surface area contributed by atoms with Crippen LogP contribution in [0.1, 0.15) is 25.7 Å². The van der Waals surface area contributed by atoms with Gasteiger partial charge in [-0.2, -0.15) is 0 Å². The highest BCUT2D eigenvalue weighted by atomic mass is 79.9. The smallest absolute Gasteiger partial charge is 0.0719 e. The van der Waals surface area contributed by atoms with E-state index in [1.54, 1.807) is 0 Å². The summed E-state index contributed by atoms with van der Waals surface area (Å²) in [5, 5.41) is 13.1. The van der Waals surface area contributed by atoms with Crippen molar-refractivity contribution in [1.29, 1.82) is 0 Å². The van der Waals surface area contributed by atoms with E-state index in [-0.39, 0.29) is 6.61 Å². The van der Waals surface area contributed by atoms with Gasteiger partial charge in [0.15, 0.2) is 0 Å². The van der Waals surface area contributed by atoms with Gasteiger partial charge in [-0.1, -0.05) is 52.0 Å². The Morgan fingerprint density at radius 3 is 2.24 bits per heavy atom. The van der Waals surface area contributed by atoms with Crippen LogP contribution in [0.5, 0.6) is 0 Å². The largest absolute Gasteiger partial charge is 0.396 e. The minimum Gasteiger partial charge on any atom is -0.396 e. The monoisotopic (exact) mass is 339 g/mol. The Morgan fingerprint density at radius 1 is 1.06 bits per heavy atom. The molecule has 2 N–H and O–H groups in total. The first-order valence-corrected chi connectivity index (χ1v) is 7.19. The van der Waals surface area contributed by atoms with Crippen LogP contribution in [-0.2, 0) is 0 Å². The van der Waals surface area contributed by atoms with Gasteiger partial charge in [-0.25, -0.2) is 0 Å². The summed E-state index contributed by atoms with van der Waals surface area (Å²) in [5.74, 6) is 0. The van der Waals surface area contributed by atoms with E-state index in [4.69, 9.17) is 28.3 Å². The topological polar surface area (TPSA) is 32.3 Å². The van der Waals surface area contributed by atoms with Crippen molar-refractivity contribution < 1.29 is 5.11 Å². The summed E-state index contributed by atoms with van der Waals surface area (Å²) in [6, 6.07) is 3.64. The summed E-state index contributed by atoms with van der Waals surface area (Å²) in [6.07, 6.45) is 4.07. The summed E-state index contributed by atoms with van der Waals surface area (Å²) >= 11 is 15.5. The van der Waals surface area contributed by atoms with Crippen LogP contribution >= 0.6 is 39.1 Å². The summed E-state index contributed by atoms with van der Waals surface area (Å²) in [5.41, 5.74) is 0.790. The maximum atomic E-state index is 8.64. The van der Waals surface area contributed by atoms with Crippen molar-refractivity contribution in [2.75, 3.05) is 18.5 Å². The lowest BCUT2D eigenvalue weighted by Gasteiger charge is -2.10. The molecule has 0 saturated carbocycles. The lowest BCUT2D eigenvalue weighted by atomic mass is 10.2. The second-order valence-electron chi connectivity index (χ2n) is 3.81. The van der Waals surface area contributed by atoms with Gasteiger partial charge in [0.1, 0.15) is 0 Å². The van der Waals surface area contributed by atoms with Crippen LogP contribution in [0, 0.1) is 0 Å². The summed E-state index contributed by atoms with van der Waals surface area (Å²) in [7, 11) is 0. The molecule has 0 aromatic heterocycles. The molecule has 17 heavy (non-hydrogen) atoms. The average Bonchev–Trinajstić information content (AvgIpc) is 2.26. The molecule has 1 rings (SSSR count). The van der Waals surface area contributed by atoms with Gasteiger partial charge < -0.3 is 10.4 Å². The predicted octanol–water partition coefficient (Wildman–Crippen LogP) is 4.72. The van der Waals surface area contributed by atoms with E-state index >= 15 is 0 Å². The van der Waals surface area contributed by atoms with E-state index in [0.717, 1.165) is 42.4 Å². The first-order chi connectivity index (χ1) is 8.15. The van der Waals surface area contributed by atoms with Crippen LogP contribution in [0.4, 0.5) is 5.69 Å². The molecule has 0 bridgehead atoms. The van der Waals surface area contributed by atoms with Gasteiger partial charge in [0.2, 0.25) is 0 Å². The highest BCUT2D eigenvalue weighted by molar-refractivity contribution is 9.10. The molecule has 1 aromatic rings. The van der Waals surface area contributed by atoms with E-state index < -0.39 is 0 Å². The predicted molar refractivity (Wildman–Crippen MR) is 78.2 cm³/mol. The maximum absolute atomic E-state index is 8.64. The molecule has 0 aliphatic heterocycles. The summed E-state index contributed by atoms with van der Waals surface area (Å²) in [4.78, 5) is 0. The normalized spacial score (nSPS) is 10.6. The van der Waals surface area contributed by atoms with E-state index in [9.17, 15) is 0 Å². The zero-order valence-corrected chi connectivity index (χ0v) is 12.6. The molecule has 0 unspecified atom stereocenters. The van der Waals surface area contributed by atoms with Gasteiger partial charge in [0.05, 0.1) is 15.7 Å². The number of benzene rings is 1. The molecule has 5 heteroatoms. The number of nitrogens with one attached hydrogen (secondary N) is 1. The van der Waals surface area contributed by atoms with Gasteiger partial charge in [-0.3, -0.25) is 0 Å². The Kier molecular flexibility index (Phi) is 7.28. The molecule has 0 aliphatic carbocycles.